The van der Waals surface area contributed by atoms with Crippen molar-refractivity contribution in [2.45, 2.75) is 6.42 Å². The first kappa shape index (κ1) is 17.4. The molecule has 0 radical (unpaired) electrons. The van der Waals surface area contributed by atoms with Gasteiger partial charge in [0.15, 0.2) is 0 Å². The lowest BCUT2D eigenvalue weighted by molar-refractivity contribution is -0.115. The van der Waals surface area contributed by atoms with Gasteiger partial charge in [-0.05, 0) is 18.2 Å². The number of aromatic nitrogens is 2. The molecule has 0 unspecified atom stereocenters. The minimum atomic E-state index is -0.389. The number of rotatable bonds is 4. The summed E-state index contributed by atoms with van der Waals surface area (Å²) in [7, 11) is 0. The number of benzene rings is 1. The molecule has 1 fully saturated rings. The third-order valence-electron chi connectivity index (χ3n) is 3.67. The molecule has 0 aliphatic carbocycles. The number of anilines is 2. The van der Waals surface area contributed by atoms with Gasteiger partial charge < -0.3 is 25.0 Å². The Kier molecular flexibility index (Phi) is 5.34. The first-order valence-corrected chi connectivity index (χ1v) is 8.52. The Bertz CT molecular complexity index is 833. The molecule has 0 bridgehead atoms. The van der Waals surface area contributed by atoms with Crippen molar-refractivity contribution in [1.82, 2.24) is 9.97 Å². The van der Waals surface area contributed by atoms with Crippen LogP contribution in [0, 0.1) is 0 Å². The van der Waals surface area contributed by atoms with E-state index in [2.05, 4.69) is 31.2 Å². The Hall–Kier alpha value is -2.39. The van der Waals surface area contributed by atoms with E-state index in [9.17, 15) is 14.7 Å². The van der Waals surface area contributed by atoms with Gasteiger partial charge in [-0.2, -0.15) is 0 Å². The van der Waals surface area contributed by atoms with Gasteiger partial charge >= 0.3 is 0 Å². The van der Waals surface area contributed by atoms with Crippen molar-refractivity contribution in [2.24, 2.45) is 0 Å². The lowest BCUT2D eigenvalue weighted by Gasteiger charge is -2.27. The number of ether oxygens (including phenoxy) is 1. The Balaban J connectivity index is 1.72. The number of halogens is 1. The van der Waals surface area contributed by atoms with Crippen molar-refractivity contribution >= 4 is 33.3 Å². The Morgan fingerprint density at radius 1 is 1.36 bits per heavy atom. The predicted octanol–water partition coefficient (Wildman–Crippen LogP) is 1.26. The quantitative estimate of drug-likeness (QED) is 0.657. The Morgan fingerprint density at radius 3 is 2.84 bits per heavy atom. The summed E-state index contributed by atoms with van der Waals surface area (Å²) in [5.74, 6) is 0.357. The fourth-order valence-electron chi connectivity index (χ4n) is 2.49. The maximum atomic E-state index is 12.2. The third-order valence-corrected chi connectivity index (χ3v) is 4.17. The standard InChI is InChI=1S/C16H17BrN4O4/c17-10-1-2-11(12(22)7-10)18-15(23)8-13-19-14(9-16(24)20-13)21-3-5-25-6-4-21/h1-2,7,9,22H,3-6,8H2,(H,18,23)(H,19,20,24). The molecule has 3 N–H and O–H groups in total. The number of phenolic OH excluding ortho intramolecular Hbond substituents is 1. The molecule has 0 spiro atoms. The molecule has 2 heterocycles. The number of phenols is 1. The second-order valence-electron chi connectivity index (χ2n) is 5.54. The number of morpholine rings is 1. The number of nitrogens with one attached hydrogen (secondary N) is 2. The van der Waals surface area contributed by atoms with Crippen LogP contribution in [-0.2, 0) is 16.0 Å². The van der Waals surface area contributed by atoms with Crippen LogP contribution < -0.4 is 15.8 Å². The van der Waals surface area contributed by atoms with Crippen LogP contribution in [-0.4, -0.2) is 47.3 Å². The van der Waals surface area contributed by atoms with Crippen LogP contribution in [0.2, 0.25) is 0 Å². The zero-order valence-corrected chi connectivity index (χ0v) is 14.9. The molecule has 25 heavy (non-hydrogen) atoms. The van der Waals surface area contributed by atoms with Gasteiger partial charge in [-0.1, -0.05) is 15.9 Å². The monoisotopic (exact) mass is 408 g/mol. The van der Waals surface area contributed by atoms with Crippen molar-refractivity contribution in [2.75, 3.05) is 36.5 Å². The van der Waals surface area contributed by atoms with Crippen LogP contribution in [0.1, 0.15) is 5.82 Å². The highest BCUT2D eigenvalue weighted by atomic mass is 79.9. The van der Waals surface area contributed by atoms with Crippen LogP contribution in [0.15, 0.2) is 33.5 Å². The van der Waals surface area contributed by atoms with Crippen LogP contribution in [0.25, 0.3) is 0 Å². The molecule has 1 aliphatic heterocycles. The van der Waals surface area contributed by atoms with Crippen molar-refractivity contribution < 1.29 is 14.6 Å². The van der Waals surface area contributed by atoms with E-state index < -0.39 is 0 Å². The second kappa shape index (κ2) is 7.66. The Labute approximate surface area is 152 Å². The van der Waals surface area contributed by atoms with Gasteiger partial charge in [-0.15, -0.1) is 0 Å². The molecule has 0 saturated carbocycles. The van der Waals surface area contributed by atoms with Gasteiger partial charge in [0.05, 0.1) is 25.3 Å². The van der Waals surface area contributed by atoms with Gasteiger partial charge in [0.1, 0.15) is 17.4 Å². The van der Waals surface area contributed by atoms with E-state index in [-0.39, 0.29) is 29.5 Å². The molecular formula is C16H17BrN4O4. The van der Waals surface area contributed by atoms with Crippen LogP contribution in [0.4, 0.5) is 11.5 Å². The number of hydrogen-bond acceptors (Lipinski definition) is 6. The largest absolute Gasteiger partial charge is 0.506 e. The first-order chi connectivity index (χ1) is 12.0. The number of aromatic hydroxyl groups is 1. The number of aromatic amines is 1. The van der Waals surface area contributed by atoms with Crippen LogP contribution in [0.5, 0.6) is 5.75 Å². The summed E-state index contributed by atoms with van der Waals surface area (Å²) in [6, 6.07) is 6.17. The highest BCUT2D eigenvalue weighted by Gasteiger charge is 2.15. The summed E-state index contributed by atoms with van der Waals surface area (Å²) < 4.78 is 5.99. The van der Waals surface area contributed by atoms with E-state index in [0.717, 1.165) is 0 Å². The summed E-state index contributed by atoms with van der Waals surface area (Å²) >= 11 is 3.23. The number of amides is 1. The molecule has 9 heteroatoms. The average molecular weight is 409 g/mol. The summed E-state index contributed by atoms with van der Waals surface area (Å²) in [6.07, 6.45) is -0.108. The van der Waals surface area contributed by atoms with E-state index >= 15 is 0 Å². The predicted molar refractivity (Wildman–Crippen MR) is 96.0 cm³/mol. The van der Waals surface area contributed by atoms with E-state index in [1.54, 1.807) is 12.1 Å². The summed E-state index contributed by atoms with van der Waals surface area (Å²) in [5, 5.41) is 12.4. The minimum Gasteiger partial charge on any atom is -0.506 e. The van der Waals surface area contributed by atoms with Crippen molar-refractivity contribution in [3.05, 3.63) is 44.9 Å². The maximum absolute atomic E-state index is 12.2. The van der Waals surface area contributed by atoms with Gasteiger partial charge in [0.25, 0.3) is 5.56 Å². The van der Waals surface area contributed by atoms with Gasteiger partial charge in [0, 0.05) is 23.6 Å². The van der Waals surface area contributed by atoms with Crippen molar-refractivity contribution in [3.8, 4) is 5.75 Å². The summed E-state index contributed by atoms with van der Waals surface area (Å²) in [4.78, 5) is 32.9. The Morgan fingerprint density at radius 2 is 2.12 bits per heavy atom. The van der Waals surface area contributed by atoms with Gasteiger partial charge in [-0.3, -0.25) is 9.59 Å². The highest BCUT2D eigenvalue weighted by molar-refractivity contribution is 9.10. The zero-order chi connectivity index (χ0) is 17.8. The number of nitrogens with zero attached hydrogens (tertiary/aromatic N) is 2. The second-order valence-corrected chi connectivity index (χ2v) is 6.45. The molecule has 1 aromatic carbocycles. The van der Waals surface area contributed by atoms with E-state index in [0.29, 0.717) is 42.3 Å². The lowest BCUT2D eigenvalue weighted by atomic mass is 10.2. The summed E-state index contributed by atoms with van der Waals surface area (Å²) in [5.41, 5.74) is -0.0225. The smallest absolute Gasteiger partial charge is 0.252 e. The molecule has 3 rings (SSSR count). The molecule has 1 aromatic heterocycles. The molecule has 8 nitrogen and oxygen atoms in total. The number of carbonyl (C=O) groups excluding carboxylic acids is 1. The van der Waals surface area contributed by atoms with Crippen molar-refractivity contribution in [1.29, 1.82) is 0 Å². The van der Waals surface area contributed by atoms with Crippen LogP contribution in [0.3, 0.4) is 0 Å². The molecule has 1 saturated heterocycles. The zero-order valence-electron chi connectivity index (χ0n) is 13.3. The van der Waals surface area contributed by atoms with E-state index in [1.165, 1.54) is 12.1 Å². The SMILES string of the molecule is O=C(Cc1nc(N2CCOCC2)cc(=O)[nH]1)Nc1ccc(Br)cc1O. The average Bonchev–Trinajstić information content (AvgIpc) is 2.58. The van der Waals surface area contributed by atoms with E-state index in [1.807, 2.05) is 4.90 Å². The third kappa shape index (κ3) is 4.58. The molecule has 2 aromatic rings. The fraction of sp³-hybridized carbons (Fsp3) is 0.312. The van der Waals surface area contributed by atoms with E-state index in [4.69, 9.17) is 4.74 Å². The molecule has 1 aliphatic rings. The summed E-state index contributed by atoms with van der Waals surface area (Å²) in [6.45, 7) is 2.45. The normalized spacial score (nSPS) is 14.4. The molecular weight excluding hydrogens is 392 g/mol. The van der Waals surface area contributed by atoms with Gasteiger partial charge in [-0.25, -0.2) is 4.98 Å². The maximum Gasteiger partial charge on any atom is 0.252 e. The van der Waals surface area contributed by atoms with Crippen LogP contribution >= 0.6 is 15.9 Å². The minimum absolute atomic E-state index is 0.0498. The number of carbonyl (C=O) groups is 1. The lowest BCUT2D eigenvalue weighted by Crippen LogP contribution is -2.37. The molecule has 1 amide bonds. The molecule has 0 atom stereocenters. The fourth-order valence-corrected chi connectivity index (χ4v) is 2.84. The number of H-pyrrole nitrogens is 1. The molecule has 132 valence electrons. The first-order valence-electron chi connectivity index (χ1n) is 7.72. The topological polar surface area (TPSA) is 108 Å². The van der Waals surface area contributed by atoms with Crippen molar-refractivity contribution in [3.63, 3.8) is 0 Å². The highest BCUT2D eigenvalue weighted by Crippen LogP contribution is 2.26. The number of hydrogen-bond donors (Lipinski definition) is 3. The van der Waals surface area contributed by atoms with Gasteiger partial charge in [0.2, 0.25) is 5.91 Å².